The molecule has 1 aromatic carbocycles. The zero-order valence-corrected chi connectivity index (χ0v) is 10.7. The summed E-state index contributed by atoms with van der Waals surface area (Å²) in [6, 6.07) is 10.8. The highest BCUT2D eigenvalue weighted by Gasteiger charge is 2.07. The van der Waals surface area contributed by atoms with Crippen LogP contribution in [0.5, 0.6) is 5.75 Å². The van der Waals surface area contributed by atoms with Crippen molar-refractivity contribution in [2.24, 2.45) is 0 Å². The summed E-state index contributed by atoms with van der Waals surface area (Å²) in [7, 11) is 0. The molecule has 0 radical (unpaired) electrons. The molecule has 0 aliphatic rings. The quantitative estimate of drug-likeness (QED) is 0.695. The van der Waals surface area contributed by atoms with Crippen LogP contribution in [0.1, 0.15) is 10.4 Å². The Bertz CT molecular complexity index is 587. The summed E-state index contributed by atoms with van der Waals surface area (Å²) in [4.78, 5) is 14.7. The number of carbonyl (C=O) groups is 1. The molecule has 0 spiro atoms. The van der Waals surface area contributed by atoms with Crippen LogP contribution in [0, 0.1) is 0 Å². The molecule has 2 aromatic rings. The Labute approximate surface area is 116 Å². The van der Waals surface area contributed by atoms with Gasteiger partial charge in [0.25, 0.3) is 0 Å². The summed E-state index contributed by atoms with van der Waals surface area (Å²) in [6.45, 7) is 0.963. The molecular weight excluding hydrogens is 258 g/mol. The van der Waals surface area contributed by atoms with E-state index in [9.17, 15) is 4.79 Å². The summed E-state index contributed by atoms with van der Waals surface area (Å²) in [5.41, 5.74) is 6.08. The van der Waals surface area contributed by atoms with E-state index in [1.807, 2.05) is 30.3 Å². The number of benzene rings is 1. The molecule has 4 N–H and O–H groups in total. The molecule has 0 bridgehead atoms. The van der Waals surface area contributed by atoms with Gasteiger partial charge in [0.1, 0.15) is 18.2 Å². The number of hydrogen-bond donors (Lipinski definition) is 3. The molecule has 0 aliphatic carbocycles. The van der Waals surface area contributed by atoms with Crippen molar-refractivity contribution in [3.63, 3.8) is 0 Å². The van der Waals surface area contributed by atoms with E-state index < -0.39 is 5.97 Å². The first-order valence-corrected chi connectivity index (χ1v) is 6.07. The van der Waals surface area contributed by atoms with Crippen molar-refractivity contribution in [3.05, 3.63) is 48.2 Å². The lowest BCUT2D eigenvalue weighted by atomic mass is 10.2. The van der Waals surface area contributed by atoms with Gasteiger partial charge in [-0.15, -0.1) is 0 Å². The summed E-state index contributed by atoms with van der Waals surface area (Å²) >= 11 is 0. The third-order valence-electron chi connectivity index (χ3n) is 2.57. The van der Waals surface area contributed by atoms with Crippen LogP contribution < -0.4 is 15.8 Å². The molecule has 20 heavy (non-hydrogen) atoms. The second kappa shape index (κ2) is 6.42. The number of anilines is 2. The molecule has 0 amide bonds. The Balaban J connectivity index is 1.84. The van der Waals surface area contributed by atoms with Crippen molar-refractivity contribution < 1.29 is 14.6 Å². The normalized spacial score (nSPS) is 10.0. The second-order valence-corrected chi connectivity index (χ2v) is 4.06. The smallest absolute Gasteiger partial charge is 0.337 e. The van der Waals surface area contributed by atoms with Crippen LogP contribution in [-0.2, 0) is 0 Å². The monoisotopic (exact) mass is 273 g/mol. The van der Waals surface area contributed by atoms with Gasteiger partial charge < -0.3 is 20.9 Å². The minimum absolute atomic E-state index is 0.0635. The zero-order chi connectivity index (χ0) is 14.4. The van der Waals surface area contributed by atoms with Gasteiger partial charge >= 0.3 is 5.97 Å². The second-order valence-electron chi connectivity index (χ2n) is 4.06. The number of pyridine rings is 1. The summed E-state index contributed by atoms with van der Waals surface area (Å²) < 4.78 is 5.50. The van der Waals surface area contributed by atoms with Crippen molar-refractivity contribution in [1.82, 2.24) is 4.98 Å². The maximum absolute atomic E-state index is 10.7. The van der Waals surface area contributed by atoms with Gasteiger partial charge in [0.15, 0.2) is 0 Å². The van der Waals surface area contributed by atoms with E-state index >= 15 is 0 Å². The highest BCUT2D eigenvalue weighted by atomic mass is 16.5. The first-order valence-electron chi connectivity index (χ1n) is 6.07. The van der Waals surface area contributed by atoms with E-state index in [-0.39, 0.29) is 5.56 Å². The van der Waals surface area contributed by atoms with Crippen LogP contribution in [0.25, 0.3) is 0 Å². The molecule has 0 saturated heterocycles. The van der Waals surface area contributed by atoms with Crippen LogP contribution in [-0.4, -0.2) is 29.2 Å². The van der Waals surface area contributed by atoms with Gasteiger partial charge in [-0.3, -0.25) is 0 Å². The molecule has 1 aromatic heterocycles. The average molecular weight is 273 g/mol. The van der Waals surface area contributed by atoms with Gasteiger partial charge in [0.2, 0.25) is 0 Å². The van der Waals surface area contributed by atoms with Gasteiger partial charge in [-0.2, -0.15) is 0 Å². The SMILES string of the molecule is Nc1cc(C(=O)O)cnc1NCCOc1ccccc1. The number of carboxylic acid groups (broad SMARTS) is 1. The number of nitrogens with two attached hydrogens (primary N) is 1. The molecule has 1 heterocycles. The number of hydrogen-bond acceptors (Lipinski definition) is 5. The fourth-order valence-corrected chi connectivity index (χ4v) is 1.60. The van der Waals surface area contributed by atoms with E-state index in [2.05, 4.69) is 10.3 Å². The molecule has 0 fully saturated rings. The zero-order valence-electron chi connectivity index (χ0n) is 10.7. The lowest BCUT2D eigenvalue weighted by molar-refractivity contribution is 0.0696. The third-order valence-corrected chi connectivity index (χ3v) is 2.57. The fourth-order valence-electron chi connectivity index (χ4n) is 1.60. The van der Waals surface area contributed by atoms with Crippen LogP contribution in [0.3, 0.4) is 0 Å². The average Bonchev–Trinajstić information content (AvgIpc) is 2.46. The first kappa shape index (κ1) is 13.7. The predicted octanol–water partition coefficient (Wildman–Crippen LogP) is 1.85. The van der Waals surface area contributed by atoms with Crippen molar-refractivity contribution >= 4 is 17.5 Å². The highest BCUT2D eigenvalue weighted by molar-refractivity contribution is 5.89. The predicted molar refractivity (Wildman–Crippen MR) is 76.0 cm³/mol. The Hall–Kier alpha value is -2.76. The summed E-state index contributed by atoms with van der Waals surface area (Å²) in [5.74, 6) is 0.186. The van der Waals surface area contributed by atoms with Crippen LogP contribution in [0.15, 0.2) is 42.6 Å². The number of aromatic carboxylic acids is 1. The van der Waals surface area contributed by atoms with Gasteiger partial charge in [-0.1, -0.05) is 18.2 Å². The molecule has 0 atom stereocenters. The Kier molecular flexibility index (Phi) is 4.39. The maximum atomic E-state index is 10.7. The summed E-state index contributed by atoms with van der Waals surface area (Å²) in [5, 5.41) is 11.8. The molecule has 6 heteroatoms. The van der Waals surface area contributed by atoms with E-state index in [1.54, 1.807) is 0 Å². The van der Waals surface area contributed by atoms with Crippen LogP contribution in [0.2, 0.25) is 0 Å². The molecule has 0 saturated carbocycles. The maximum Gasteiger partial charge on any atom is 0.337 e. The van der Waals surface area contributed by atoms with E-state index in [4.69, 9.17) is 15.6 Å². The lowest BCUT2D eigenvalue weighted by Crippen LogP contribution is -2.14. The molecule has 6 nitrogen and oxygen atoms in total. The molecule has 0 unspecified atom stereocenters. The lowest BCUT2D eigenvalue weighted by Gasteiger charge is -2.10. The minimum atomic E-state index is -1.05. The Morgan fingerprint density at radius 3 is 2.75 bits per heavy atom. The van der Waals surface area contributed by atoms with Crippen molar-refractivity contribution in [2.45, 2.75) is 0 Å². The van der Waals surface area contributed by atoms with E-state index in [0.29, 0.717) is 24.7 Å². The van der Waals surface area contributed by atoms with E-state index in [0.717, 1.165) is 5.75 Å². The number of rotatable bonds is 6. The Morgan fingerprint density at radius 2 is 2.10 bits per heavy atom. The molecular formula is C14H15N3O3. The van der Waals surface area contributed by atoms with Gasteiger partial charge in [0, 0.05) is 6.20 Å². The van der Waals surface area contributed by atoms with E-state index in [1.165, 1.54) is 12.3 Å². The minimum Gasteiger partial charge on any atom is -0.492 e. The number of ether oxygens (including phenoxy) is 1. The van der Waals surface area contributed by atoms with Gasteiger partial charge in [-0.25, -0.2) is 9.78 Å². The van der Waals surface area contributed by atoms with Gasteiger partial charge in [-0.05, 0) is 18.2 Å². The molecule has 104 valence electrons. The number of aromatic nitrogens is 1. The topological polar surface area (TPSA) is 97.5 Å². The van der Waals surface area contributed by atoms with Crippen LogP contribution in [0.4, 0.5) is 11.5 Å². The number of para-hydroxylation sites is 1. The van der Waals surface area contributed by atoms with Crippen molar-refractivity contribution in [1.29, 1.82) is 0 Å². The Morgan fingerprint density at radius 1 is 1.35 bits per heavy atom. The standard InChI is InChI=1S/C14H15N3O3/c15-12-8-10(14(18)19)9-17-13(12)16-6-7-20-11-4-2-1-3-5-11/h1-5,8-9H,6-7,15H2,(H,16,17)(H,18,19). The summed E-state index contributed by atoms with van der Waals surface area (Å²) in [6.07, 6.45) is 1.26. The number of carboxylic acids is 1. The van der Waals surface area contributed by atoms with Gasteiger partial charge in [0.05, 0.1) is 17.8 Å². The molecule has 0 aliphatic heterocycles. The largest absolute Gasteiger partial charge is 0.492 e. The number of nitrogens with zero attached hydrogens (tertiary/aromatic N) is 1. The number of nitrogen functional groups attached to an aromatic ring is 1. The number of nitrogens with one attached hydrogen (secondary N) is 1. The van der Waals surface area contributed by atoms with Crippen molar-refractivity contribution in [3.8, 4) is 5.75 Å². The molecule has 2 rings (SSSR count). The van der Waals surface area contributed by atoms with Crippen molar-refractivity contribution in [2.75, 3.05) is 24.2 Å². The third kappa shape index (κ3) is 3.61. The first-order chi connectivity index (χ1) is 9.66. The highest BCUT2D eigenvalue weighted by Crippen LogP contribution is 2.16. The fraction of sp³-hybridized carbons (Fsp3) is 0.143. The van der Waals surface area contributed by atoms with Crippen LogP contribution >= 0.6 is 0 Å².